The number of fused-ring (bicyclic) bond motifs is 1. The maximum Gasteiger partial charge on any atom is 0.155 e. The van der Waals surface area contributed by atoms with Gasteiger partial charge < -0.3 is 9.84 Å². The molecule has 2 rings (SSSR count). The summed E-state index contributed by atoms with van der Waals surface area (Å²) in [6.07, 6.45) is 29.1. The summed E-state index contributed by atoms with van der Waals surface area (Å²) < 4.78 is 6.29. The van der Waals surface area contributed by atoms with Gasteiger partial charge in [0, 0.05) is 11.8 Å². The van der Waals surface area contributed by atoms with Crippen LogP contribution in [0.1, 0.15) is 85.3 Å². The average Bonchev–Trinajstić information content (AvgIpc) is 3.23. The van der Waals surface area contributed by atoms with E-state index in [9.17, 15) is 5.11 Å². The molecule has 2 N–H and O–H groups in total. The summed E-state index contributed by atoms with van der Waals surface area (Å²) >= 11 is 0. The van der Waals surface area contributed by atoms with Crippen LogP contribution >= 0.6 is 0 Å². The lowest BCUT2D eigenvalue weighted by Gasteiger charge is -2.34. The second kappa shape index (κ2) is 16.9. The molecule has 1 aliphatic carbocycles. The molecule has 0 saturated heterocycles. The fourth-order valence-corrected chi connectivity index (χ4v) is 5.54. The zero-order chi connectivity index (χ0) is 32.0. The average molecular weight is 580 g/mol. The lowest BCUT2D eigenvalue weighted by Crippen LogP contribution is -2.38. The van der Waals surface area contributed by atoms with Crippen LogP contribution in [-0.2, 0) is 10.2 Å². The highest BCUT2D eigenvalue weighted by Gasteiger charge is 2.43. The van der Waals surface area contributed by atoms with Gasteiger partial charge in [-0.05, 0) is 107 Å². The molecular formula is C40H53NO2. The van der Waals surface area contributed by atoms with E-state index in [1.165, 1.54) is 27.8 Å². The van der Waals surface area contributed by atoms with Crippen molar-refractivity contribution in [2.75, 3.05) is 7.05 Å². The maximum absolute atomic E-state index is 10.7. The van der Waals surface area contributed by atoms with Crippen LogP contribution in [0.4, 0.5) is 0 Å². The summed E-state index contributed by atoms with van der Waals surface area (Å²) in [7, 11) is 1.88. The summed E-state index contributed by atoms with van der Waals surface area (Å²) in [5, 5.41) is 13.9. The number of allylic oxidation sites excluding steroid dienone is 13. The molecule has 3 unspecified atom stereocenters. The first-order chi connectivity index (χ1) is 20.5. The molecule has 3 nitrogen and oxygen atoms in total. The minimum absolute atomic E-state index is 0.203. The largest absolute Gasteiger partial charge is 0.474 e. The van der Waals surface area contributed by atoms with Crippen molar-refractivity contribution < 1.29 is 9.84 Å². The van der Waals surface area contributed by atoms with Crippen molar-refractivity contribution in [2.24, 2.45) is 5.92 Å². The van der Waals surface area contributed by atoms with E-state index in [1.54, 1.807) is 0 Å². The third-order valence-electron chi connectivity index (χ3n) is 8.32. The van der Waals surface area contributed by atoms with Gasteiger partial charge in [0.25, 0.3) is 0 Å². The van der Waals surface area contributed by atoms with E-state index in [2.05, 4.69) is 99.3 Å². The van der Waals surface area contributed by atoms with Gasteiger partial charge in [-0.25, -0.2) is 0 Å². The molecule has 0 bridgehead atoms. The van der Waals surface area contributed by atoms with E-state index in [-0.39, 0.29) is 11.3 Å². The molecule has 0 saturated carbocycles. The summed E-state index contributed by atoms with van der Waals surface area (Å²) in [6, 6.07) is 8.72. The zero-order valence-electron chi connectivity index (χ0n) is 27.7. The normalized spacial score (nSPS) is 19.8. The van der Waals surface area contributed by atoms with E-state index in [0.717, 1.165) is 24.2 Å². The molecule has 0 fully saturated rings. The Morgan fingerprint density at radius 2 is 1.95 bits per heavy atom. The topological polar surface area (TPSA) is 41.5 Å². The van der Waals surface area contributed by atoms with Crippen LogP contribution in [0.5, 0.6) is 0 Å². The first kappa shape index (κ1) is 35.6. The van der Waals surface area contributed by atoms with Gasteiger partial charge in [-0.1, -0.05) is 98.9 Å². The summed E-state index contributed by atoms with van der Waals surface area (Å²) in [4.78, 5) is 0. The molecular weight excluding hydrogens is 526 g/mol. The minimum atomic E-state index is -0.539. The maximum atomic E-state index is 10.7. The molecule has 0 heterocycles. The number of nitrogens with one attached hydrogen (secondary N) is 1. The fourth-order valence-electron chi connectivity index (χ4n) is 5.54. The van der Waals surface area contributed by atoms with E-state index < -0.39 is 11.8 Å². The van der Waals surface area contributed by atoms with Crippen molar-refractivity contribution in [3.63, 3.8) is 0 Å². The standard InChI is InChI=1S/C40H53NO2/c1-11-15-21-34(43-39(8,9)41-10)22-19-28-40(32(7)35(23-16-12-2)36-24-17-18-25-37(36)40)33(20-13-3)27-26-30(5)29-38(42)31(6)14-4/h1,12,14,16-27,30,38,41-42H,2,13,15,28-29H2,3-10H3/b22-19-,23-16-,27-26-,31-14+,33-20?,34-21+. The summed E-state index contributed by atoms with van der Waals surface area (Å²) in [5.74, 6) is 3.64. The predicted octanol–water partition coefficient (Wildman–Crippen LogP) is 9.53. The molecule has 43 heavy (non-hydrogen) atoms. The second-order valence-electron chi connectivity index (χ2n) is 11.8. The number of aliphatic hydroxyl groups is 1. The molecule has 0 aliphatic heterocycles. The Morgan fingerprint density at radius 1 is 1.23 bits per heavy atom. The molecule has 0 radical (unpaired) electrons. The van der Waals surface area contributed by atoms with Gasteiger partial charge >= 0.3 is 0 Å². The van der Waals surface area contributed by atoms with E-state index >= 15 is 0 Å². The van der Waals surface area contributed by atoms with Crippen molar-refractivity contribution in [3.05, 3.63) is 125 Å². The summed E-state index contributed by atoms with van der Waals surface area (Å²) in [5.41, 5.74) is 6.38. The summed E-state index contributed by atoms with van der Waals surface area (Å²) in [6.45, 7) is 18.5. The van der Waals surface area contributed by atoms with Gasteiger partial charge in [-0.3, -0.25) is 5.32 Å². The number of hydrogen-bond donors (Lipinski definition) is 2. The molecule has 1 aromatic rings. The highest BCUT2D eigenvalue weighted by molar-refractivity contribution is 5.88. The van der Waals surface area contributed by atoms with E-state index in [0.29, 0.717) is 12.8 Å². The number of rotatable bonds is 16. The third-order valence-corrected chi connectivity index (χ3v) is 8.32. The smallest absolute Gasteiger partial charge is 0.155 e. The van der Waals surface area contributed by atoms with Gasteiger partial charge in [-0.2, -0.15) is 0 Å². The Morgan fingerprint density at radius 3 is 2.58 bits per heavy atom. The molecule has 230 valence electrons. The molecule has 3 atom stereocenters. The monoisotopic (exact) mass is 579 g/mol. The van der Waals surface area contributed by atoms with Crippen molar-refractivity contribution in [3.8, 4) is 12.3 Å². The quantitative estimate of drug-likeness (QED) is 0.0674. The molecule has 3 heteroatoms. The molecule has 0 spiro atoms. The predicted molar refractivity (Wildman–Crippen MR) is 186 cm³/mol. The lowest BCUT2D eigenvalue weighted by molar-refractivity contribution is 0.0173. The van der Waals surface area contributed by atoms with Crippen LogP contribution in [0, 0.1) is 18.3 Å². The fraction of sp³-hybridized carbons (Fsp3) is 0.400. The van der Waals surface area contributed by atoms with Gasteiger partial charge in [0.15, 0.2) is 5.72 Å². The molecule has 1 aliphatic rings. The zero-order valence-corrected chi connectivity index (χ0v) is 27.7. The first-order valence-corrected chi connectivity index (χ1v) is 15.5. The Labute approximate surface area is 262 Å². The van der Waals surface area contributed by atoms with Gasteiger partial charge in [-0.15, -0.1) is 12.3 Å². The lowest BCUT2D eigenvalue weighted by atomic mass is 9.68. The number of benzene rings is 1. The van der Waals surface area contributed by atoms with Crippen molar-refractivity contribution >= 4 is 5.57 Å². The number of ether oxygens (including phenoxy) is 1. The van der Waals surface area contributed by atoms with Crippen LogP contribution in [0.15, 0.2) is 114 Å². The van der Waals surface area contributed by atoms with Crippen LogP contribution in [0.25, 0.3) is 5.57 Å². The minimum Gasteiger partial charge on any atom is -0.474 e. The molecule has 0 amide bonds. The van der Waals surface area contributed by atoms with Crippen LogP contribution < -0.4 is 5.32 Å². The third kappa shape index (κ3) is 9.20. The van der Waals surface area contributed by atoms with E-state index in [4.69, 9.17) is 11.2 Å². The Balaban J connectivity index is 2.72. The number of terminal acetylenes is 1. The Hall–Kier alpha value is -3.58. The van der Waals surface area contributed by atoms with Gasteiger partial charge in [0.1, 0.15) is 5.76 Å². The SMILES string of the molecule is C#CC/C=C(\C=C/CC1(C(=CCC)/C=C\C(C)CC(O)/C(C)=C/C)C(C)=C(/C=C\C=C)c2ccccc21)OC(C)(C)NC. The highest BCUT2D eigenvalue weighted by atomic mass is 16.5. The van der Waals surface area contributed by atoms with Crippen molar-refractivity contribution in [1.29, 1.82) is 0 Å². The Kier molecular flexibility index (Phi) is 14.0. The van der Waals surface area contributed by atoms with Gasteiger partial charge in [0.05, 0.1) is 6.10 Å². The van der Waals surface area contributed by atoms with Crippen molar-refractivity contribution in [2.45, 2.75) is 91.4 Å². The molecule has 1 aromatic carbocycles. The van der Waals surface area contributed by atoms with Crippen molar-refractivity contribution in [1.82, 2.24) is 5.32 Å². The second-order valence-corrected chi connectivity index (χ2v) is 11.8. The Bertz CT molecular complexity index is 1350. The molecule has 0 aromatic heterocycles. The first-order valence-electron chi connectivity index (χ1n) is 15.5. The van der Waals surface area contributed by atoms with Crippen LogP contribution in [0.2, 0.25) is 0 Å². The highest BCUT2D eigenvalue weighted by Crippen LogP contribution is 2.54. The van der Waals surface area contributed by atoms with E-state index in [1.807, 2.05) is 59.0 Å². The number of aliphatic hydroxyl groups excluding tert-OH is 1. The van der Waals surface area contributed by atoms with Crippen LogP contribution in [0.3, 0.4) is 0 Å². The van der Waals surface area contributed by atoms with Gasteiger partial charge in [0.2, 0.25) is 0 Å². The van der Waals surface area contributed by atoms with Crippen LogP contribution in [-0.4, -0.2) is 24.0 Å². The number of hydrogen-bond acceptors (Lipinski definition) is 3.